The lowest BCUT2D eigenvalue weighted by atomic mass is 9.82. The van der Waals surface area contributed by atoms with E-state index < -0.39 is 11.6 Å². The van der Waals surface area contributed by atoms with Crippen LogP contribution in [0.2, 0.25) is 0 Å². The lowest BCUT2D eigenvalue weighted by Crippen LogP contribution is -3.00. The van der Waals surface area contributed by atoms with Crippen LogP contribution in [-0.4, -0.2) is 23.2 Å². The summed E-state index contributed by atoms with van der Waals surface area (Å²) < 4.78 is 5.65. The lowest BCUT2D eigenvalue weighted by Gasteiger charge is -2.29. The molecule has 0 amide bonds. The van der Waals surface area contributed by atoms with Gasteiger partial charge in [0.05, 0.1) is 12.1 Å². The zero-order valence-electron chi connectivity index (χ0n) is 19.1. The third-order valence-electron chi connectivity index (χ3n) is 5.89. The van der Waals surface area contributed by atoms with Gasteiger partial charge >= 0.3 is 5.97 Å². The third kappa shape index (κ3) is 7.74. The van der Waals surface area contributed by atoms with Gasteiger partial charge in [-0.05, 0) is 37.8 Å². The SMILES string of the molecule is CCCCCCC(CCOC(=O)C(O)(c1ccccc1)c1ccccc1)C(C)(C)[NH3+].[Br-]. The van der Waals surface area contributed by atoms with Crippen LogP contribution in [-0.2, 0) is 15.1 Å². The van der Waals surface area contributed by atoms with Crippen LogP contribution in [0.3, 0.4) is 0 Å². The largest absolute Gasteiger partial charge is 1.00 e. The van der Waals surface area contributed by atoms with Gasteiger partial charge in [-0.1, -0.05) is 93.3 Å². The number of benzene rings is 2. The van der Waals surface area contributed by atoms with Crippen LogP contribution in [0.1, 0.15) is 70.4 Å². The van der Waals surface area contributed by atoms with Crippen LogP contribution in [0.4, 0.5) is 0 Å². The quantitative estimate of drug-likeness (QED) is 0.348. The standard InChI is InChI=1S/C26H37NO3.BrH/c1-4-5-6-9-14-21(25(2,3)27)19-20-30-24(28)26(29,22-15-10-7-11-16-22)23-17-12-8-13-18-23;/h7-8,10-13,15-18,21,29H,4-6,9,14,19-20,27H2,1-3H3;1H. The zero-order chi connectivity index (χ0) is 22.0. The van der Waals surface area contributed by atoms with E-state index in [0.717, 1.165) is 12.8 Å². The first-order valence-electron chi connectivity index (χ1n) is 11.2. The Bertz CT molecular complexity index is 720. The van der Waals surface area contributed by atoms with Crippen molar-refractivity contribution >= 4 is 5.97 Å². The van der Waals surface area contributed by atoms with Crippen molar-refractivity contribution < 1.29 is 37.4 Å². The van der Waals surface area contributed by atoms with Crippen molar-refractivity contribution in [2.24, 2.45) is 5.92 Å². The Balaban J connectivity index is 0.00000480. The van der Waals surface area contributed by atoms with Crippen LogP contribution in [0.15, 0.2) is 60.7 Å². The van der Waals surface area contributed by atoms with Gasteiger partial charge in [-0.3, -0.25) is 0 Å². The Morgan fingerprint density at radius 1 is 0.935 bits per heavy atom. The summed E-state index contributed by atoms with van der Waals surface area (Å²) in [7, 11) is 0. The van der Waals surface area contributed by atoms with Crippen molar-refractivity contribution in [3.63, 3.8) is 0 Å². The molecular formula is C26H38BrNO3. The highest BCUT2D eigenvalue weighted by Gasteiger charge is 2.41. The molecule has 0 aliphatic rings. The van der Waals surface area contributed by atoms with E-state index in [9.17, 15) is 9.90 Å². The van der Waals surface area contributed by atoms with Gasteiger partial charge in [0.25, 0.3) is 0 Å². The van der Waals surface area contributed by atoms with E-state index in [0.29, 0.717) is 17.0 Å². The summed E-state index contributed by atoms with van der Waals surface area (Å²) in [6.45, 7) is 6.77. The number of esters is 1. The highest BCUT2D eigenvalue weighted by atomic mass is 79.9. The first-order chi connectivity index (χ1) is 14.3. The van der Waals surface area contributed by atoms with Gasteiger partial charge in [-0.25, -0.2) is 4.79 Å². The van der Waals surface area contributed by atoms with Crippen LogP contribution in [0.5, 0.6) is 0 Å². The molecule has 1 atom stereocenters. The van der Waals surface area contributed by atoms with Crippen molar-refractivity contribution in [3.8, 4) is 0 Å². The smallest absolute Gasteiger partial charge is 0.347 e. The van der Waals surface area contributed by atoms with Gasteiger partial charge in [-0.15, -0.1) is 0 Å². The maximum atomic E-state index is 13.1. The highest BCUT2D eigenvalue weighted by molar-refractivity contribution is 5.85. The van der Waals surface area contributed by atoms with E-state index in [-0.39, 0.29) is 29.1 Å². The first-order valence-corrected chi connectivity index (χ1v) is 11.2. The van der Waals surface area contributed by atoms with E-state index in [1.165, 1.54) is 25.7 Å². The molecule has 1 unspecified atom stereocenters. The Labute approximate surface area is 198 Å². The van der Waals surface area contributed by atoms with Crippen LogP contribution < -0.4 is 22.7 Å². The summed E-state index contributed by atoms with van der Waals surface area (Å²) in [4.78, 5) is 13.1. The first kappa shape index (κ1) is 27.3. The van der Waals surface area contributed by atoms with Crippen molar-refractivity contribution in [3.05, 3.63) is 71.8 Å². The van der Waals surface area contributed by atoms with Gasteiger partial charge in [-0.2, -0.15) is 0 Å². The van der Waals surface area contributed by atoms with Gasteiger partial charge in [0.15, 0.2) is 0 Å². The molecule has 0 saturated heterocycles. The molecule has 0 saturated carbocycles. The molecule has 2 rings (SSSR count). The molecule has 0 heterocycles. The van der Waals surface area contributed by atoms with Crippen molar-refractivity contribution in [2.75, 3.05) is 6.61 Å². The molecule has 172 valence electrons. The fourth-order valence-electron chi connectivity index (χ4n) is 3.90. The Morgan fingerprint density at radius 3 is 1.90 bits per heavy atom. The minimum atomic E-state index is -1.82. The average molecular weight is 492 g/mol. The predicted molar refractivity (Wildman–Crippen MR) is 121 cm³/mol. The maximum absolute atomic E-state index is 13.1. The number of hydrogen-bond donors (Lipinski definition) is 2. The van der Waals surface area contributed by atoms with E-state index in [1.54, 1.807) is 24.3 Å². The molecule has 2 aromatic carbocycles. The number of aliphatic hydroxyl groups is 1. The Hall–Kier alpha value is -1.69. The number of halogens is 1. The van der Waals surface area contributed by atoms with Gasteiger partial charge in [0.1, 0.15) is 0 Å². The molecule has 0 aliphatic heterocycles. The zero-order valence-corrected chi connectivity index (χ0v) is 20.7. The van der Waals surface area contributed by atoms with Crippen LogP contribution in [0, 0.1) is 5.92 Å². The molecule has 0 radical (unpaired) electrons. The number of carbonyl (C=O) groups is 1. The molecule has 0 bridgehead atoms. The molecule has 0 spiro atoms. The van der Waals surface area contributed by atoms with Gasteiger partial charge in [0, 0.05) is 5.92 Å². The number of rotatable bonds is 12. The fraction of sp³-hybridized carbons (Fsp3) is 0.500. The predicted octanol–water partition coefficient (Wildman–Crippen LogP) is 1.47. The second-order valence-corrected chi connectivity index (χ2v) is 8.90. The normalized spacial score (nSPS) is 12.7. The number of quaternary nitrogens is 1. The molecule has 0 aliphatic carbocycles. The summed E-state index contributed by atoms with van der Waals surface area (Å²) in [5.41, 5.74) is 3.43. The second kappa shape index (κ2) is 13.0. The third-order valence-corrected chi connectivity index (χ3v) is 5.89. The van der Waals surface area contributed by atoms with Crippen molar-refractivity contribution in [1.29, 1.82) is 0 Å². The number of carbonyl (C=O) groups excluding carboxylic acids is 1. The Morgan fingerprint density at radius 2 is 1.45 bits per heavy atom. The minimum Gasteiger partial charge on any atom is -1.00 e. The summed E-state index contributed by atoms with van der Waals surface area (Å²) in [5.74, 6) is -0.268. The van der Waals surface area contributed by atoms with E-state index >= 15 is 0 Å². The summed E-state index contributed by atoms with van der Waals surface area (Å²) in [5, 5.41) is 11.5. The molecule has 2 aromatic rings. The average Bonchev–Trinajstić information content (AvgIpc) is 2.75. The molecule has 5 heteroatoms. The fourth-order valence-corrected chi connectivity index (χ4v) is 3.90. The lowest BCUT2D eigenvalue weighted by molar-refractivity contribution is -0.481. The van der Waals surface area contributed by atoms with Crippen molar-refractivity contribution in [1.82, 2.24) is 0 Å². The van der Waals surface area contributed by atoms with Gasteiger partial charge < -0.3 is 32.6 Å². The van der Waals surface area contributed by atoms with Crippen LogP contribution >= 0.6 is 0 Å². The summed E-state index contributed by atoms with van der Waals surface area (Å²) >= 11 is 0. The number of ether oxygens (including phenoxy) is 1. The minimum absolute atomic E-state index is 0. The van der Waals surface area contributed by atoms with E-state index in [4.69, 9.17) is 4.74 Å². The van der Waals surface area contributed by atoms with E-state index in [1.807, 2.05) is 36.4 Å². The maximum Gasteiger partial charge on any atom is 0.347 e. The number of hydrogen-bond acceptors (Lipinski definition) is 3. The van der Waals surface area contributed by atoms with Gasteiger partial charge in [0.2, 0.25) is 5.60 Å². The molecular weight excluding hydrogens is 454 g/mol. The molecule has 0 fully saturated rings. The van der Waals surface area contributed by atoms with E-state index in [2.05, 4.69) is 26.5 Å². The summed E-state index contributed by atoms with van der Waals surface area (Å²) in [6, 6.07) is 18.0. The monoisotopic (exact) mass is 491 g/mol. The second-order valence-electron chi connectivity index (χ2n) is 8.90. The highest BCUT2D eigenvalue weighted by Crippen LogP contribution is 2.31. The van der Waals surface area contributed by atoms with Crippen molar-refractivity contribution in [2.45, 2.75) is 70.4 Å². The number of unbranched alkanes of at least 4 members (excludes halogenated alkanes) is 3. The molecule has 31 heavy (non-hydrogen) atoms. The van der Waals surface area contributed by atoms with Crippen LogP contribution in [0.25, 0.3) is 0 Å². The topological polar surface area (TPSA) is 74.2 Å². The summed E-state index contributed by atoms with van der Waals surface area (Å²) in [6.07, 6.45) is 6.69. The molecule has 4 N–H and O–H groups in total. The molecule has 0 aromatic heterocycles. The molecule has 4 nitrogen and oxygen atoms in total. The Kier molecular flexibility index (Phi) is 11.5.